The topological polar surface area (TPSA) is 0 Å². The molecule has 0 fully saturated rings. The van der Waals surface area contributed by atoms with Crippen LogP contribution in [-0.2, 0) is 5.41 Å². The summed E-state index contributed by atoms with van der Waals surface area (Å²) in [5.74, 6) is 0. The van der Waals surface area contributed by atoms with Crippen LogP contribution in [0.4, 0.5) is 0 Å². The van der Waals surface area contributed by atoms with E-state index in [-0.39, 0.29) is 5.41 Å². The van der Waals surface area contributed by atoms with Crippen LogP contribution in [0.25, 0.3) is 87.6 Å². The molecule has 0 nitrogen and oxygen atoms in total. The molecule has 0 amide bonds. The van der Waals surface area contributed by atoms with Crippen LogP contribution in [0, 0.1) is 0 Å². The van der Waals surface area contributed by atoms with Gasteiger partial charge >= 0.3 is 0 Å². The first-order valence-corrected chi connectivity index (χ1v) is 17.2. The van der Waals surface area contributed by atoms with E-state index in [0.29, 0.717) is 0 Å². The summed E-state index contributed by atoms with van der Waals surface area (Å²) in [6.07, 6.45) is 0. The Hall–Kier alpha value is -5.98. The fraction of sp³-hybridized carbons (Fsp3) is 0.0612. The van der Waals surface area contributed by atoms with Crippen molar-refractivity contribution in [1.82, 2.24) is 0 Å². The SMILES string of the molecule is CC1(C)c2cc(-c3ccc4cc(-c5ccc6ccccc6c5)ccc4c3)ccc2-c2ccc3cc(-c4cccc5ccccc45)ccc3c21. The quantitative estimate of drug-likeness (QED) is 0.184. The van der Waals surface area contributed by atoms with E-state index < -0.39 is 0 Å². The lowest BCUT2D eigenvalue weighted by atomic mass is 9.79. The highest BCUT2D eigenvalue weighted by Crippen LogP contribution is 2.52. The van der Waals surface area contributed by atoms with Gasteiger partial charge in [0.05, 0.1) is 0 Å². The molecular formula is C49H34. The molecule has 0 saturated heterocycles. The van der Waals surface area contributed by atoms with Crippen molar-refractivity contribution in [2.24, 2.45) is 0 Å². The lowest BCUT2D eigenvalue weighted by Gasteiger charge is -2.24. The summed E-state index contributed by atoms with van der Waals surface area (Å²) in [6.45, 7) is 4.79. The van der Waals surface area contributed by atoms with Crippen molar-refractivity contribution in [2.75, 3.05) is 0 Å². The summed E-state index contributed by atoms with van der Waals surface area (Å²) in [4.78, 5) is 0. The van der Waals surface area contributed by atoms with Crippen molar-refractivity contribution in [3.63, 3.8) is 0 Å². The lowest BCUT2D eigenvalue weighted by molar-refractivity contribution is 0.666. The van der Waals surface area contributed by atoms with E-state index in [1.165, 1.54) is 98.7 Å². The van der Waals surface area contributed by atoms with E-state index in [9.17, 15) is 0 Å². The maximum Gasteiger partial charge on any atom is 0.0165 e. The largest absolute Gasteiger partial charge is 0.0616 e. The Morgan fingerprint density at radius 3 is 1.57 bits per heavy atom. The van der Waals surface area contributed by atoms with Crippen LogP contribution in [0.5, 0.6) is 0 Å². The fourth-order valence-corrected chi connectivity index (χ4v) is 8.46. The molecule has 9 aromatic carbocycles. The summed E-state index contributed by atoms with van der Waals surface area (Å²) < 4.78 is 0. The van der Waals surface area contributed by atoms with Gasteiger partial charge in [-0.3, -0.25) is 0 Å². The van der Waals surface area contributed by atoms with E-state index in [1.807, 2.05) is 0 Å². The Morgan fingerprint density at radius 1 is 0.306 bits per heavy atom. The monoisotopic (exact) mass is 622 g/mol. The Bertz CT molecular complexity index is 2790. The molecule has 0 N–H and O–H groups in total. The summed E-state index contributed by atoms with van der Waals surface area (Å²) >= 11 is 0. The van der Waals surface area contributed by atoms with Gasteiger partial charge in [-0.25, -0.2) is 0 Å². The Morgan fingerprint density at radius 2 is 0.816 bits per heavy atom. The number of hydrogen-bond acceptors (Lipinski definition) is 0. The molecule has 1 aliphatic carbocycles. The maximum absolute atomic E-state index is 2.44. The molecule has 9 aromatic rings. The molecule has 49 heavy (non-hydrogen) atoms. The molecule has 0 heteroatoms. The second kappa shape index (κ2) is 10.5. The smallest absolute Gasteiger partial charge is 0.0165 e. The minimum absolute atomic E-state index is 0.118. The highest BCUT2D eigenvalue weighted by Gasteiger charge is 2.37. The van der Waals surface area contributed by atoms with E-state index in [0.717, 1.165) is 0 Å². The zero-order chi connectivity index (χ0) is 32.7. The number of benzene rings is 9. The van der Waals surface area contributed by atoms with Gasteiger partial charge in [-0.15, -0.1) is 0 Å². The molecule has 0 atom stereocenters. The molecule has 230 valence electrons. The molecule has 1 aliphatic rings. The average Bonchev–Trinajstić information content (AvgIpc) is 3.39. The molecule has 0 spiro atoms. The molecule has 0 saturated carbocycles. The highest BCUT2D eigenvalue weighted by molar-refractivity contribution is 6.03. The van der Waals surface area contributed by atoms with E-state index in [2.05, 4.69) is 184 Å². The van der Waals surface area contributed by atoms with Gasteiger partial charge in [0.2, 0.25) is 0 Å². The van der Waals surface area contributed by atoms with Gasteiger partial charge in [0.15, 0.2) is 0 Å². The van der Waals surface area contributed by atoms with Gasteiger partial charge in [-0.1, -0.05) is 153 Å². The van der Waals surface area contributed by atoms with E-state index in [4.69, 9.17) is 0 Å². The van der Waals surface area contributed by atoms with Gasteiger partial charge < -0.3 is 0 Å². The van der Waals surface area contributed by atoms with Crippen LogP contribution in [0.2, 0.25) is 0 Å². The lowest BCUT2D eigenvalue weighted by Crippen LogP contribution is -2.15. The minimum Gasteiger partial charge on any atom is -0.0616 e. The zero-order valence-corrected chi connectivity index (χ0v) is 27.7. The van der Waals surface area contributed by atoms with Gasteiger partial charge in [-0.2, -0.15) is 0 Å². The van der Waals surface area contributed by atoms with Gasteiger partial charge in [-0.05, 0) is 129 Å². The third kappa shape index (κ3) is 4.38. The predicted octanol–water partition coefficient (Wildman–Crippen LogP) is 13.6. The first-order valence-electron chi connectivity index (χ1n) is 17.2. The second-order valence-electron chi connectivity index (χ2n) is 14.2. The molecule has 0 radical (unpaired) electrons. The standard InChI is InChI=1S/C49H34/c1-49(2)47-30-39(38-19-18-36-27-35(16-17-37(36)28-38)34-15-14-31-8-3-4-10-33(31)26-34)20-24-45(47)46-25-22-41-29-40(21-23-44(41)48(46)49)43-13-7-11-32-9-5-6-12-42(32)43/h3-30H,1-2H3. The first-order chi connectivity index (χ1) is 24.0. The van der Waals surface area contributed by atoms with Crippen molar-refractivity contribution in [2.45, 2.75) is 19.3 Å². The number of hydrogen-bond donors (Lipinski definition) is 0. The van der Waals surface area contributed by atoms with Crippen molar-refractivity contribution < 1.29 is 0 Å². The zero-order valence-electron chi connectivity index (χ0n) is 27.7. The second-order valence-corrected chi connectivity index (χ2v) is 14.2. The van der Waals surface area contributed by atoms with Crippen molar-refractivity contribution in [3.05, 3.63) is 181 Å². The Labute approximate surface area is 286 Å². The van der Waals surface area contributed by atoms with Gasteiger partial charge in [0.1, 0.15) is 0 Å². The summed E-state index contributed by atoms with van der Waals surface area (Å²) in [6, 6.07) is 63.2. The molecule has 10 rings (SSSR count). The Kier molecular flexibility index (Phi) is 6.02. The van der Waals surface area contributed by atoms with Crippen LogP contribution in [0.3, 0.4) is 0 Å². The normalized spacial score (nSPS) is 13.3. The van der Waals surface area contributed by atoms with Gasteiger partial charge in [0, 0.05) is 5.41 Å². The van der Waals surface area contributed by atoms with Crippen molar-refractivity contribution in [1.29, 1.82) is 0 Å². The summed E-state index contributed by atoms with van der Waals surface area (Å²) in [7, 11) is 0. The molecule has 0 bridgehead atoms. The van der Waals surface area contributed by atoms with Gasteiger partial charge in [0.25, 0.3) is 0 Å². The fourth-order valence-electron chi connectivity index (χ4n) is 8.46. The van der Waals surface area contributed by atoms with Crippen LogP contribution in [0.1, 0.15) is 25.0 Å². The van der Waals surface area contributed by atoms with E-state index >= 15 is 0 Å². The van der Waals surface area contributed by atoms with Crippen LogP contribution < -0.4 is 0 Å². The van der Waals surface area contributed by atoms with E-state index in [1.54, 1.807) is 0 Å². The van der Waals surface area contributed by atoms with Crippen LogP contribution in [-0.4, -0.2) is 0 Å². The van der Waals surface area contributed by atoms with Crippen LogP contribution >= 0.6 is 0 Å². The molecule has 0 unspecified atom stereocenters. The Balaban J connectivity index is 1.01. The highest BCUT2D eigenvalue weighted by atomic mass is 14.4. The predicted molar refractivity (Wildman–Crippen MR) is 210 cm³/mol. The third-order valence-electron chi connectivity index (χ3n) is 11.0. The van der Waals surface area contributed by atoms with Crippen molar-refractivity contribution in [3.8, 4) is 44.5 Å². The first kappa shape index (κ1) is 28.1. The molecule has 0 aromatic heterocycles. The molecule has 0 aliphatic heterocycles. The maximum atomic E-state index is 2.44. The van der Waals surface area contributed by atoms with Crippen LogP contribution in [0.15, 0.2) is 170 Å². The molecule has 0 heterocycles. The van der Waals surface area contributed by atoms with Crippen molar-refractivity contribution >= 4 is 43.1 Å². The average molecular weight is 623 g/mol. The summed E-state index contributed by atoms with van der Waals surface area (Å²) in [5, 5.41) is 10.3. The summed E-state index contributed by atoms with van der Waals surface area (Å²) in [5.41, 5.74) is 13.0. The number of fused-ring (bicyclic) bond motifs is 8. The third-order valence-corrected chi connectivity index (χ3v) is 11.0. The number of rotatable bonds is 3. The molecular weight excluding hydrogens is 589 g/mol. The minimum atomic E-state index is -0.118.